The molecule has 1 saturated heterocycles. The minimum absolute atomic E-state index is 0.104. The number of aryl methyl sites for hydroxylation is 2. The maximum absolute atomic E-state index is 12.6. The average Bonchev–Trinajstić information content (AvgIpc) is 2.85. The molecule has 1 fully saturated rings. The summed E-state index contributed by atoms with van der Waals surface area (Å²) in [7, 11) is 0. The molecule has 0 radical (unpaired) electrons. The average molecular weight is 312 g/mol. The van der Waals surface area contributed by atoms with Gasteiger partial charge in [0.25, 0.3) is 5.91 Å². The van der Waals surface area contributed by atoms with Gasteiger partial charge in [-0.1, -0.05) is 12.1 Å². The molecule has 1 amide bonds. The summed E-state index contributed by atoms with van der Waals surface area (Å²) in [6, 6.07) is 10.2. The molecule has 3 rings (SSSR count). The van der Waals surface area contributed by atoms with Crippen molar-refractivity contribution in [3.63, 3.8) is 0 Å². The molecule has 1 aliphatic heterocycles. The maximum atomic E-state index is 12.6. The highest BCUT2D eigenvalue weighted by atomic mass is 16.2. The zero-order chi connectivity index (χ0) is 16.4. The van der Waals surface area contributed by atoms with Gasteiger partial charge in [0.15, 0.2) is 0 Å². The third kappa shape index (κ3) is 3.62. The maximum Gasteiger partial charge on any atom is 0.253 e. The molecular weight excluding hydrogens is 288 g/mol. The molecule has 122 valence electrons. The summed E-state index contributed by atoms with van der Waals surface area (Å²) < 4.78 is 1.97. The van der Waals surface area contributed by atoms with E-state index in [9.17, 15) is 4.79 Å². The fourth-order valence-corrected chi connectivity index (χ4v) is 3.10. The van der Waals surface area contributed by atoms with E-state index >= 15 is 0 Å². The van der Waals surface area contributed by atoms with Crippen molar-refractivity contribution in [1.29, 1.82) is 0 Å². The van der Waals surface area contributed by atoms with Gasteiger partial charge in [-0.3, -0.25) is 9.48 Å². The molecule has 2 heterocycles. The molecule has 5 heteroatoms. The van der Waals surface area contributed by atoms with E-state index in [0.717, 1.165) is 48.4 Å². The van der Waals surface area contributed by atoms with Gasteiger partial charge < -0.3 is 10.6 Å². The standard InChI is InChI=1S/C18H24N4O/c1-13-10-14(2)22(20-13)12-15-4-3-5-16(11-15)18(23)21-8-6-17(19)7-9-21/h3-5,10-11,17H,6-9,12,19H2,1-2H3. The normalized spacial score (nSPS) is 15.9. The van der Waals surface area contributed by atoms with Crippen LogP contribution in [0.1, 0.15) is 40.2 Å². The van der Waals surface area contributed by atoms with Gasteiger partial charge in [-0.2, -0.15) is 5.10 Å². The second kappa shape index (κ2) is 6.54. The van der Waals surface area contributed by atoms with Gasteiger partial charge in [0.2, 0.25) is 0 Å². The number of nitrogens with two attached hydrogens (primary N) is 1. The Morgan fingerprint density at radius 1 is 1.26 bits per heavy atom. The number of nitrogens with zero attached hydrogens (tertiary/aromatic N) is 3. The van der Waals surface area contributed by atoms with Gasteiger partial charge in [-0.15, -0.1) is 0 Å². The molecule has 2 aromatic rings. The van der Waals surface area contributed by atoms with Crippen molar-refractivity contribution in [2.75, 3.05) is 13.1 Å². The third-order valence-electron chi connectivity index (χ3n) is 4.44. The van der Waals surface area contributed by atoms with Gasteiger partial charge in [0.1, 0.15) is 0 Å². The van der Waals surface area contributed by atoms with Crippen LogP contribution < -0.4 is 5.73 Å². The Hall–Kier alpha value is -2.14. The second-order valence-corrected chi connectivity index (χ2v) is 6.41. The molecule has 0 atom stereocenters. The molecule has 5 nitrogen and oxygen atoms in total. The summed E-state index contributed by atoms with van der Waals surface area (Å²) >= 11 is 0. The first-order valence-corrected chi connectivity index (χ1v) is 8.18. The van der Waals surface area contributed by atoms with E-state index in [-0.39, 0.29) is 11.9 Å². The lowest BCUT2D eigenvalue weighted by atomic mass is 10.0. The fraction of sp³-hybridized carbons (Fsp3) is 0.444. The fourth-order valence-electron chi connectivity index (χ4n) is 3.10. The van der Waals surface area contributed by atoms with E-state index in [2.05, 4.69) is 11.2 Å². The second-order valence-electron chi connectivity index (χ2n) is 6.41. The first kappa shape index (κ1) is 15.7. The molecule has 0 unspecified atom stereocenters. The molecule has 23 heavy (non-hydrogen) atoms. The van der Waals surface area contributed by atoms with Crippen LogP contribution in [-0.2, 0) is 6.54 Å². The molecule has 0 bridgehead atoms. The highest BCUT2D eigenvalue weighted by molar-refractivity contribution is 5.94. The number of benzene rings is 1. The van der Waals surface area contributed by atoms with Crippen molar-refractivity contribution in [2.45, 2.75) is 39.3 Å². The van der Waals surface area contributed by atoms with Gasteiger partial charge in [-0.25, -0.2) is 0 Å². The van der Waals surface area contributed by atoms with Gasteiger partial charge >= 0.3 is 0 Å². The van der Waals surface area contributed by atoms with E-state index in [0.29, 0.717) is 6.54 Å². The van der Waals surface area contributed by atoms with Crippen LogP contribution in [0, 0.1) is 13.8 Å². The molecule has 0 spiro atoms. The zero-order valence-electron chi connectivity index (χ0n) is 13.8. The van der Waals surface area contributed by atoms with Crippen LogP contribution in [0.4, 0.5) is 0 Å². The highest BCUT2D eigenvalue weighted by Gasteiger charge is 2.21. The summed E-state index contributed by atoms with van der Waals surface area (Å²) in [4.78, 5) is 14.6. The topological polar surface area (TPSA) is 64.2 Å². The molecule has 0 saturated carbocycles. The van der Waals surface area contributed by atoms with E-state index in [4.69, 9.17) is 5.73 Å². The van der Waals surface area contributed by atoms with Crippen molar-refractivity contribution in [3.8, 4) is 0 Å². The van der Waals surface area contributed by atoms with Crippen LogP contribution in [0.2, 0.25) is 0 Å². The van der Waals surface area contributed by atoms with E-state index < -0.39 is 0 Å². The Labute approximate surface area is 137 Å². The number of hydrogen-bond acceptors (Lipinski definition) is 3. The van der Waals surface area contributed by atoms with Gasteiger partial charge in [0, 0.05) is 30.4 Å². The van der Waals surface area contributed by atoms with Crippen molar-refractivity contribution in [2.24, 2.45) is 5.73 Å². The Balaban J connectivity index is 1.74. The lowest BCUT2D eigenvalue weighted by Gasteiger charge is -2.30. The lowest BCUT2D eigenvalue weighted by molar-refractivity contribution is 0.0714. The molecule has 1 aromatic heterocycles. The number of likely N-dealkylation sites (tertiary alicyclic amines) is 1. The Morgan fingerprint density at radius 2 is 2.00 bits per heavy atom. The predicted octanol–water partition coefficient (Wildman–Crippen LogP) is 2.11. The Morgan fingerprint density at radius 3 is 2.65 bits per heavy atom. The summed E-state index contributed by atoms with van der Waals surface area (Å²) in [5.74, 6) is 0.104. The summed E-state index contributed by atoms with van der Waals surface area (Å²) in [5.41, 5.74) is 9.90. The Kier molecular flexibility index (Phi) is 4.48. The number of aromatic nitrogens is 2. The first-order chi connectivity index (χ1) is 11.0. The Bertz CT molecular complexity index is 699. The smallest absolute Gasteiger partial charge is 0.253 e. The van der Waals surface area contributed by atoms with Crippen LogP contribution in [0.25, 0.3) is 0 Å². The number of hydrogen-bond donors (Lipinski definition) is 1. The third-order valence-corrected chi connectivity index (χ3v) is 4.44. The van der Waals surface area contributed by atoms with Crippen molar-refractivity contribution in [3.05, 3.63) is 52.8 Å². The number of carbonyl (C=O) groups is 1. The van der Waals surface area contributed by atoms with E-state index in [1.54, 1.807) is 0 Å². The summed E-state index contributed by atoms with van der Waals surface area (Å²) in [5, 5.41) is 4.49. The monoisotopic (exact) mass is 312 g/mol. The number of amides is 1. The van der Waals surface area contributed by atoms with Crippen molar-refractivity contribution in [1.82, 2.24) is 14.7 Å². The zero-order valence-corrected chi connectivity index (χ0v) is 13.8. The molecule has 0 aliphatic carbocycles. The van der Waals surface area contributed by atoms with Crippen molar-refractivity contribution >= 4 is 5.91 Å². The molecule has 1 aliphatic rings. The highest BCUT2D eigenvalue weighted by Crippen LogP contribution is 2.15. The molecular formula is C18H24N4O. The lowest BCUT2D eigenvalue weighted by Crippen LogP contribution is -2.42. The van der Waals surface area contributed by atoms with Crippen LogP contribution in [0.3, 0.4) is 0 Å². The molecule has 1 aromatic carbocycles. The van der Waals surface area contributed by atoms with E-state index in [1.807, 2.05) is 47.7 Å². The number of carbonyl (C=O) groups excluding carboxylic acids is 1. The summed E-state index contributed by atoms with van der Waals surface area (Å²) in [6.45, 7) is 6.23. The minimum atomic E-state index is 0.104. The quantitative estimate of drug-likeness (QED) is 0.944. The number of rotatable bonds is 3. The van der Waals surface area contributed by atoms with Crippen LogP contribution >= 0.6 is 0 Å². The van der Waals surface area contributed by atoms with Crippen molar-refractivity contribution < 1.29 is 4.79 Å². The van der Waals surface area contributed by atoms with E-state index in [1.165, 1.54) is 0 Å². The van der Waals surface area contributed by atoms with Gasteiger partial charge in [-0.05, 0) is 50.5 Å². The van der Waals surface area contributed by atoms with Crippen LogP contribution in [0.15, 0.2) is 30.3 Å². The number of piperidine rings is 1. The van der Waals surface area contributed by atoms with Gasteiger partial charge in [0.05, 0.1) is 12.2 Å². The summed E-state index contributed by atoms with van der Waals surface area (Å²) in [6.07, 6.45) is 1.77. The SMILES string of the molecule is Cc1cc(C)n(Cc2cccc(C(=O)N3CCC(N)CC3)c2)n1. The minimum Gasteiger partial charge on any atom is -0.339 e. The molecule has 2 N–H and O–H groups in total. The predicted molar refractivity (Wildman–Crippen MR) is 90.4 cm³/mol. The largest absolute Gasteiger partial charge is 0.339 e. The van der Waals surface area contributed by atoms with Crippen LogP contribution in [0.5, 0.6) is 0 Å². The van der Waals surface area contributed by atoms with Crippen LogP contribution in [-0.4, -0.2) is 39.7 Å². The first-order valence-electron chi connectivity index (χ1n) is 8.18.